The number of likely N-dealkylation sites (tertiary alicyclic amines) is 1. The molecule has 0 atom stereocenters. The predicted molar refractivity (Wildman–Crippen MR) is 142 cm³/mol. The highest BCUT2D eigenvalue weighted by Gasteiger charge is 2.32. The molecule has 0 unspecified atom stereocenters. The summed E-state index contributed by atoms with van der Waals surface area (Å²) in [7, 11) is 0. The summed E-state index contributed by atoms with van der Waals surface area (Å²) in [5.41, 5.74) is 5.88. The van der Waals surface area contributed by atoms with Gasteiger partial charge in [0.05, 0.1) is 27.2 Å². The van der Waals surface area contributed by atoms with Crippen LogP contribution in [-0.2, 0) is 0 Å². The highest BCUT2D eigenvalue weighted by atomic mass is 32.1. The van der Waals surface area contributed by atoms with Crippen LogP contribution in [0.5, 0.6) is 0 Å². The summed E-state index contributed by atoms with van der Waals surface area (Å²) in [5.74, 6) is 1.66. The Kier molecular flexibility index (Phi) is 5.03. The van der Waals surface area contributed by atoms with Crippen molar-refractivity contribution in [1.82, 2.24) is 30.0 Å². The quantitative estimate of drug-likeness (QED) is 0.333. The van der Waals surface area contributed by atoms with Crippen molar-refractivity contribution in [3.8, 4) is 21.8 Å². The molecule has 7 rings (SSSR count). The number of rotatable bonds is 6. The van der Waals surface area contributed by atoms with E-state index in [-0.39, 0.29) is 0 Å². The van der Waals surface area contributed by atoms with Crippen molar-refractivity contribution in [2.75, 3.05) is 25.0 Å². The Bertz CT molecular complexity index is 1510. The molecule has 2 fully saturated rings. The van der Waals surface area contributed by atoms with Crippen molar-refractivity contribution in [2.24, 2.45) is 5.92 Å². The van der Waals surface area contributed by atoms with Gasteiger partial charge in [-0.15, -0.1) is 11.3 Å². The second-order valence-corrected chi connectivity index (χ2v) is 10.8. The summed E-state index contributed by atoms with van der Waals surface area (Å²) in [6, 6.07) is 13.3. The van der Waals surface area contributed by atoms with Crippen molar-refractivity contribution in [2.45, 2.75) is 32.2 Å². The van der Waals surface area contributed by atoms with E-state index in [1.54, 1.807) is 17.7 Å². The van der Waals surface area contributed by atoms with E-state index in [9.17, 15) is 0 Å². The van der Waals surface area contributed by atoms with Crippen LogP contribution >= 0.6 is 11.3 Å². The Labute approximate surface area is 207 Å². The van der Waals surface area contributed by atoms with E-state index in [1.807, 2.05) is 0 Å². The molecule has 1 aliphatic heterocycles. The number of pyridine rings is 1. The number of hydrogen-bond donors (Lipinski definition) is 2. The van der Waals surface area contributed by atoms with Crippen LogP contribution in [0.15, 0.2) is 48.1 Å². The zero-order chi connectivity index (χ0) is 23.4. The summed E-state index contributed by atoms with van der Waals surface area (Å²) in [5, 5.41) is 15.6. The van der Waals surface area contributed by atoms with E-state index in [0.717, 1.165) is 45.0 Å². The molecule has 2 aliphatic rings. The van der Waals surface area contributed by atoms with Crippen LogP contribution in [0.3, 0.4) is 0 Å². The number of aryl methyl sites for hydroxylation is 1. The van der Waals surface area contributed by atoms with Crippen LogP contribution in [0.25, 0.3) is 43.8 Å². The molecule has 5 heterocycles. The second kappa shape index (κ2) is 8.39. The predicted octanol–water partition coefficient (Wildman–Crippen LogP) is 5.50. The lowest BCUT2D eigenvalue weighted by atomic mass is 9.79. The van der Waals surface area contributed by atoms with Gasteiger partial charge in [0.15, 0.2) is 5.65 Å². The number of aromatic amines is 1. The average Bonchev–Trinajstić information content (AvgIpc) is 3.49. The zero-order valence-electron chi connectivity index (χ0n) is 19.7. The average molecular weight is 482 g/mol. The van der Waals surface area contributed by atoms with Crippen LogP contribution in [0.4, 0.5) is 5.82 Å². The second-order valence-electron chi connectivity index (χ2n) is 9.89. The molecule has 0 radical (unpaired) electrons. The Morgan fingerprint density at radius 3 is 2.86 bits per heavy atom. The van der Waals surface area contributed by atoms with Crippen molar-refractivity contribution >= 4 is 39.1 Å². The molecule has 1 saturated carbocycles. The Morgan fingerprint density at radius 1 is 1.14 bits per heavy atom. The maximum atomic E-state index is 4.99. The summed E-state index contributed by atoms with van der Waals surface area (Å²) in [6.07, 6.45) is 5.35. The van der Waals surface area contributed by atoms with Crippen molar-refractivity contribution in [1.29, 1.82) is 0 Å². The summed E-state index contributed by atoms with van der Waals surface area (Å²) < 4.78 is 0. The van der Waals surface area contributed by atoms with E-state index in [4.69, 9.17) is 4.98 Å². The first-order valence-corrected chi connectivity index (χ1v) is 13.2. The number of H-pyrrole nitrogens is 1. The molecule has 2 N–H and O–H groups in total. The van der Waals surface area contributed by atoms with Gasteiger partial charge in [0.2, 0.25) is 0 Å². The fourth-order valence-corrected chi connectivity index (χ4v) is 6.09. The first kappa shape index (κ1) is 21.0. The first-order chi connectivity index (χ1) is 17.2. The van der Waals surface area contributed by atoms with Gasteiger partial charge in [-0.2, -0.15) is 5.10 Å². The van der Waals surface area contributed by atoms with Gasteiger partial charge in [0.25, 0.3) is 0 Å². The van der Waals surface area contributed by atoms with E-state index in [1.165, 1.54) is 49.3 Å². The Balaban J connectivity index is 1.21. The third-order valence-electron chi connectivity index (χ3n) is 7.47. The minimum Gasteiger partial charge on any atom is -0.367 e. The van der Waals surface area contributed by atoms with Gasteiger partial charge in [-0.1, -0.05) is 18.2 Å². The zero-order valence-corrected chi connectivity index (χ0v) is 20.5. The number of benzene rings is 1. The van der Waals surface area contributed by atoms with Gasteiger partial charge in [-0.25, -0.2) is 15.0 Å². The van der Waals surface area contributed by atoms with E-state index < -0.39 is 0 Å². The highest BCUT2D eigenvalue weighted by Crippen LogP contribution is 2.36. The molecule has 0 bridgehead atoms. The topological polar surface area (TPSA) is 82.6 Å². The largest absolute Gasteiger partial charge is 0.367 e. The van der Waals surface area contributed by atoms with Crippen molar-refractivity contribution in [3.63, 3.8) is 0 Å². The monoisotopic (exact) mass is 481 g/mol. The van der Waals surface area contributed by atoms with Crippen molar-refractivity contribution < 1.29 is 0 Å². The van der Waals surface area contributed by atoms with Crippen molar-refractivity contribution in [3.05, 3.63) is 53.7 Å². The molecule has 1 saturated heterocycles. The number of aromatic nitrogens is 5. The lowest BCUT2D eigenvalue weighted by Gasteiger charge is -2.42. The molecule has 0 amide bonds. The van der Waals surface area contributed by atoms with E-state index >= 15 is 0 Å². The van der Waals surface area contributed by atoms with Gasteiger partial charge in [-0.3, -0.25) is 5.10 Å². The van der Waals surface area contributed by atoms with Crippen LogP contribution in [-0.4, -0.2) is 55.7 Å². The summed E-state index contributed by atoms with van der Waals surface area (Å²) in [4.78, 5) is 17.8. The number of nitrogens with one attached hydrogen (secondary N) is 2. The standard InChI is InChI=1S/C27H27N7S/c1-16-10-22(23-4-2-9-35-23)31-21-13-18(5-6-20(16)21)25-24-26(28-15-29-27(24)33-32-25)30-19-11-17(12-19)14-34-7-3-8-34/h2,4-6,9-10,13,15,17,19H,3,7-8,11-12,14H2,1H3,(H2,28,29,30,32,33). The molecular formula is C27H27N7S. The Morgan fingerprint density at radius 2 is 2.06 bits per heavy atom. The third-order valence-corrected chi connectivity index (χ3v) is 8.36. The van der Waals surface area contributed by atoms with Gasteiger partial charge < -0.3 is 10.2 Å². The Hall–Kier alpha value is -3.36. The molecule has 7 nitrogen and oxygen atoms in total. The molecule has 35 heavy (non-hydrogen) atoms. The van der Waals surface area contributed by atoms with Gasteiger partial charge >= 0.3 is 0 Å². The summed E-state index contributed by atoms with van der Waals surface area (Å²) in [6.45, 7) is 5.93. The number of hydrogen-bond acceptors (Lipinski definition) is 7. The fourth-order valence-electron chi connectivity index (χ4n) is 5.41. The number of anilines is 1. The SMILES string of the molecule is Cc1cc(-c2cccs2)nc2cc(-c3[nH]nc4ncnc(NC5CC(CN6CCC6)C5)c34)ccc12. The van der Waals surface area contributed by atoms with Crippen LogP contribution < -0.4 is 5.32 Å². The molecular weight excluding hydrogens is 454 g/mol. The van der Waals surface area contributed by atoms with Crippen LogP contribution in [0, 0.1) is 12.8 Å². The minimum atomic E-state index is 0.455. The smallest absolute Gasteiger partial charge is 0.186 e. The van der Waals surface area contributed by atoms with Crippen LogP contribution in [0.1, 0.15) is 24.8 Å². The molecule has 1 aromatic carbocycles. The number of thiophene rings is 1. The lowest BCUT2D eigenvalue weighted by molar-refractivity contribution is 0.114. The maximum absolute atomic E-state index is 4.99. The van der Waals surface area contributed by atoms with E-state index in [2.05, 4.69) is 79.1 Å². The summed E-state index contributed by atoms with van der Waals surface area (Å²) >= 11 is 1.71. The molecule has 176 valence electrons. The van der Waals surface area contributed by atoms with Gasteiger partial charge in [0.1, 0.15) is 12.1 Å². The highest BCUT2D eigenvalue weighted by molar-refractivity contribution is 7.13. The van der Waals surface area contributed by atoms with Crippen LogP contribution in [0.2, 0.25) is 0 Å². The van der Waals surface area contributed by atoms with Gasteiger partial charge in [-0.05, 0) is 74.3 Å². The van der Waals surface area contributed by atoms with E-state index in [0.29, 0.717) is 11.7 Å². The molecule has 1 aliphatic carbocycles. The fraction of sp³-hybridized carbons (Fsp3) is 0.333. The molecule has 4 aromatic heterocycles. The molecule has 0 spiro atoms. The third kappa shape index (κ3) is 3.77. The first-order valence-electron chi connectivity index (χ1n) is 12.3. The minimum absolute atomic E-state index is 0.455. The number of nitrogens with zero attached hydrogens (tertiary/aromatic N) is 5. The number of fused-ring (bicyclic) bond motifs is 2. The maximum Gasteiger partial charge on any atom is 0.186 e. The normalized spacial score (nSPS) is 20.1. The molecule has 8 heteroatoms. The lowest BCUT2D eigenvalue weighted by Crippen LogP contribution is -2.46. The van der Waals surface area contributed by atoms with Gasteiger partial charge in [0, 0.05) is 23.5 Å². The molecule has 5 aromatic rings.